The van der Waals surface area contributed by atoms with Crippen molar-refractivity contribution >= 4 is 0 Å². The predicted octanol–water partition coefficient (Wildman–Crippen LogP) is 5.43. The minimum Gasteiger partial charge on any atom is -0.314 e. The second-order valence-electron chi connectivity index (χ2n) is 7.04. The molecular formula is C20H35N. The molecule has 0 radical (unpaired) electrons. The van der Waals surface area contributed by atoms with Crippen molar-refractivity contribution in [3.05, 3.63) is 34.9 Å². The third-order valence-corrected chi connectivity index (χ3v) is 4.89. The van der Waals surface area contributed by atoms with E-state index in [1.165, 1.54) is 43.2 Å². The summed E-state index contributed by atoms with van der Waals surface area (Å²) >= 11 is 0. The largest absolute Gasteiger partial charge is 0.314 e. The lowest BCUT2D eigenvalue weighted by Gasteiger charge is -2.35. The van der Waals surface area contributed by atoms with Gasteiger partial charge in [-0.25, -0.2) is 0 Å². The summed E-state index contributed by atoms with van der Waals surface area (Å²) in [5.41, 5.74) is 4.88. The standard InChI is InChI=1S/C20H35N/c1-7-9-13-20(8-2,15-21-16(3)4)14-19-17(5)11-10-12-18(19)6/h10-12,16,21H,7-9,13-15H2,1-6H3. The van der Waals surface area contributed by atoms with E-state index < -0.39 is 0 Å². The Morgan fingerprint density at radius 2 is 1.71 bits per heavy atom. The molecule has 21 heavy (non-hydrogen) atoms. The molecule has 0 saturated carbocycles. The first kappa shape index (κ1) is 18.2. The maximum atomic E-state index is 3.71. The van der Waals surface area contributed by atoms with Crippen LogP contribution >= 0.6 is 0 Å². The van der Waals surface area contributed by atoms with Crippen molar-refractivity contribution in [3.63, 3.8) is 0 Å². The molecule has 1 heteroatoms. The van der Waals surface area contributed by atoms with Gasteiger partial charge in [-0.2, -0.15) is 0 Å². The van der Waals surface area contributed by atoms with Gasteiger partial charge in [0.15, 0.2) is 0 Å². The van der Waals surface area contributed by atoms with Crippen molar-refractivity contribution in [3.8, 4) is 0 Å². The van der Waals surface area contributed by atoms with Gasteiger partial charge >= 0.3 is 0 Å². The number of benzene rings is 1. The highest BCUT2D eigenvalue weighted by molar-refractivity contribution is 5.34. The van der Waals surface area contributed by atoms with Crippen LogP contribution in [0.25, 0.3) is 0 Å². The molecule has 0 aliphatic carbocycles. The van der Waals surface area contributed by atoms with Crippen molar-refractivity contribution in [1.29, 1.82) is 0 Å². The number of unbranched alkanes of at least 4 members (excludes halogenated alkanes) is 1. The molecule has 0 bridgehead atoms. The minimum atomic E-state index is 0.400. The molecule has 0 aliphatic rings. The maximum Gasteiger partial charge on any atom is 0.00133 e. The third kappa shape index (κ3) is 5.47. The van der Waals surface area contributed by atoms with Crippen LogP contribution in [0.5, 0.6) is 0 Å². The Hall–Kier alpha value is -0.820. The van der Waals surface area contributed by atoms with Crippen LogP contribution in [0.2, 0.25) is 0 Å². The third-order valence-electron chi connectivity index (χ3n) is 4.89. The zero-order valence-corrected chi connectivity index (χ0v) is 15.1. The molecule has 1 unspecified atom stereocenters. The SMILES string of the molecule is CCCCC(CC)(CNC(C)C)Cc1c(C)cccc1C. The Bertz CT molecular complexity index is 402. The Labute approximate surface area is 132 Å². The van der Waals surface area contributed by atoms with Gasteiger partial charge < -0.3 is 5.32 Å². The molecule has 1 aromatic rings. The van der Waals surface area contributed by atoms with Crippen molar-refractivity contribution in [2.45, 2.75) is 79.7 Å². The Balaban J connectivity index is 2.98. The summed E-state index contributed by atoms with van der Waals surface area (Å²) < 4.78 is 0. The lowest BCUT2D eigenvalue weighted by molar-refractivity contribution is 0.222. The van der Waals surface area contributed by atoms with Crippen molar-refractivity contribution in [1.82, 2.24) is 5.32 Å². The topological polar surface area (TPSA) is 12.0 Å². The van der Waals surface area contributed by atoms with E-state index in [0.717, 1.165) is 6.54 Å². The van der Waals surface area contributed by atoms with Gasteiger partial charge in [0.2, 0.25) is 0 Å². The molecule has 0 heterocycles. The minimum absolute atomic E-state index is 0.400. The van der Waals surface area contributed by atoms with Crippen LogP contribution in [0.1, 0.15) is 70.1 Å². The number of hydrogen-bond donors (Lipinski definition) is 1. The number of rotatable bonds is 9. The first-order valence-electron chi connectivity index (χ1n) is 8.72. The summed E-state index contributed by atoms with van der Waals surface area (Å²) in [7, 11) is 0. The quantitative estimate of drug-likeness (QED) is 0.639. The molecule has 0 aromatic heterocycles. The van der Waals surface area contributed by atoms with Crippen LogP contribution in [-0.2, 0) is 6.42 Å². The highest BCUT2D eigenvalue weighted by Gasteiger charge is 2.29. The van der Waals surface area contributed by atoms with Gasteiger partial charge in [-0.3, -0.25) is 0 Å². The lowest BCUT2D eigenvalue weighted by atomic mass is 9.73. The first-order chi connectivity index (χ1) is 9.94. The van der Waals surface area contributed by atoms with E-state index in [9.17, 15) is 0 Å². The monoisotopic (exact) mass is 289 g/mol. The highest BCUT2D eigenvalue weighted by Crippen LogP contribution is 2.34. The Kier molecular flexibility index (Phi) is 7.45. The van der Waals surface area contributed by atoms with E-state index in [1.54, 1.807) is 5.56 Å². The average molecular weight is 290 g/mol. The van der Waals surface area contributed by atoms with Gasteiger partial charge in [0, 0.05) is 12.6 Å². The molecule has 1 rings (SSSR count). The fraction of sp³-hybridized carbons (Fsp3) is 0.700. The van der Waals surface area contributed by atoms with Crippen molar-refractivity contribution in [2.75, 3.05) is 6.54 Å². The molecule has 0 saturated heterocycles. The Morgan fingerprint density at radius 3 is 2.19 bits per heavy atom. The van der Waals surface area contributed by atoms with Gasteiger partial charge in [0.25, 0.3) is 0 Å². The van der Waals surface area contributed by atoms with Crippen LogP contribution < -0.4 is 5.32 Å². The summed E-state index contributed by atoms with van der Waals surface area (Å²) in [6, 6.07) is 7.27. The van der Waals surface area contributed by atoms with Crippen molar-refractivity contribution in [2.24, 2.45) is 5.41 Å². The zero-order chi connectivity index (χ0) is 15.9. The molecule has 120 valence electrons. The Morgan fingerprint density at radius 1 is 1.10 bits per heavy atom. The lowest BCUT2D eigenvalue weighted by Crippen LogP contribution is -2.39. The molecule has 0 fully saturated rings. The van der Waals surface area contributed by atoms with Crippen LogP contribution in [0.15, 0.2) is 18.2 Å². The maximum absolute atomic E-state index is 3.71. The molecule has 1 N–H and O–H groups in total. The summed E-state index contributed by atoms with van der Waals surface area (Å²) in [5, 5.41) is 3.71. The molecular weight excluding hydrogens is 254 g/mol. The van der Waals surface area contributed by atoms with Gasteiger partial charge in [-0.15, -0.1) is 0 Å². The predicted molar refractivity (Wildman–Crippen MR) is 95.0 cm³/mol. The molecule has 0 amide bonds. The smallest absolute Gasteiger partial charge is 0.00133 e. The average Bonchev–Trinajstić information content (AvgIpc) is 2.45. The number of hydrogen-bond acceptors (Lipinski definition) is 1. The summed E-state index contributed by atoms with van der Waals surface area (Å²) in [6.07, 6.45) is 6.41. The molecule has 0 aliphatic heterocycles. The van der Waals surface area contributed by atoms with E-state index in [4.69, 9.17) is 0 Å². The van der Waals surface area contributed by atoms with Gasteiger partial charge in [0.1, 0.15) is 0 Å². The van der Waals surface area contributed by atoms with Gasteiger partial charge in [-0.05, 0) is 55.2 Å². The molecule has 1 aromatic carbocycles. The highest BCUT2D eigenvalue weighted by atomic mass is 14.9. The first-order valence-corrected chi connectivity index (χ1v) is 8.72. The fourth-order valence-electron chi connectivity index (χ4n) is 3.14. The van der Waals surface area contributed by atoms with Crippen LogP contribution in [0.3, 0.4) is 0 Å². The van der Waals surface area contributed by atoms with E-state index in [1.807, 2.05) is 0 Å². The van der Waals surface area contributed by atoms with E-state index >= 15 is 0 Å². The second kappa shape index (κ2) is 8.58. The summed E-state index contributed by atoms with van der Waals surface area (Å²) in [6.45, 7) is 14.8. The van der Waals surface area contributed by atoms with E-state index in [0.29, 0.717) is 11.5 Å². The van der Waals surface area contributed by atoms with E-state index in [2.05, 4.69) is 65.1 Å². The number of aryl methyl sites for hydroxylation is 2. The number of nitrogens with one attached hydrogen (secondary N) is 1. The van der Waals surface area contributed by atoms with E-state index in [-0.39, 0.29) is 0 Å². The van der Waals surface area contributed by atoms with Gasteiger partial charge in [-0.1, -0.05) is 58.7 Å². The van der Waals surface area contributed by atoms with Crippen LogP contribution in [0, 0.1) is 19.3 Å². The van der Waals surface area contributed by atoms with Crippen LogP contribution in [0.4, 0.5) is 0 Å². The summed E-state index contributed by atoms with van der Waals surface area (Å²) in [5.74, 6) is 0. The fourth-order valence-corrected chi connectivity index (χ4v) is 3.14. The zero-order valence-electron chi connectivity index (χ0n) is 15.1. The van der Waals surface area contributed by atoms with Gasteiger partial charge in [0.05, 0.1) is 0 Å². The summed E-state index contributed by atoms with van der Waals surface area (Å²) in [4.78, 5) is 0. The van der Waals surface area contributed by atoms with Crippen LogP contribution in [-0.4, -0.2) is 12.6 Å². The van der Waals surface area contributed by atoms with Crippen molar-refractivity contribution < 1.29 is 0 Å². The molecule has 1 nitrogen and oxygen atoms in total. The molecule has 0 spiro atoms. The molecule has 1 atom stereocenters. The normalized spacial score (nSPS) is 14.4. The second-order valence-corrected chi connectivity index (χ2v) is 7.04.